The van der Waals surface area contributed by atoms with Crippen molar-refractivity contribution >= 4 is 17.7 Å². The zero-order chi connectivity index (χ0) is 20.6. The Morgan fingerprint density at radius 3 is 2.55 bits per heavy atom. The lowest BCUT2D eigenvalue weighted by Gasteiger charge is -2.10. The van der Waals surface area contributed by atoms with Gasteiger partial charge in [0.05, 0.1) is 0 Å². The molecule has 0 atom stereocenters. The van der Waals surface area contributed by atoms with Gasteiger partial charge in [0.15, 0.2) is 0 Å². The summed E-state index contributed by atoms with van der Waals surface area (Å²) in [4.78, 5) is 12.6. The van der Waals surface area contributed by atoms with Gasteiger partial charge in [-0.1, -0.05) is 54.6 Å². The molecule has 0 saturated heterocycles. The van der Waals surface area contributed by atoms with E-state index in [9.17, 15) is 10.1 Å². The number of nitrogens with zero attached hydrogens (tertiary/aromatic N) is 1. The van der Waals surface area contributed by atoms with E-state index in [0.29, 0.717) is 18.0 Å². The summed E-state index contributed by atoms with van der Waals surface area (Å²) in [6, 6.07) is 24.9. The second kappa shape index (κ2) is 9.38. The average molecular weight is 382 g/mol. The molecule has 4 heteroatoms. The van der Waals surface area contributed by atoms with Crippen LogP contribution in [0.2, 0.25) is 0 Å². The summed E-state index contributed by atoms with van der Waals surface area (Å²) in [7, 11) is 0. The Bertz CT molecular complexity index is 1080. The van der Waals surface area contributed by atoms with Crippen LogP contribution < -0.4 is 10.1 Å². The second-order valence-electron chi connectivity index (χ2n) is 6.72. The van der Waals surface area contributed by atoms with Gasteiger partial charge >= 0.3 is 0 Å². The molecule has 0 aliphatic carbocycles. The number of anilines is 1. The van der Waals surface area contributed by atoms with Crippen LogP contribution in [0.1, 0.15) is 22.3 Å². The highest BCUT2D eigenvalue weighted by Crippen LogP contribution is 2.20. The third-order valence-corrected chi connectivity index (χ3v) is 4.64. The maximum atomic E-state index is 12.6. The van der Waals surface area contributed by atoms with Crippen molar-refractivity contribution in [2.75, 3.05) is 5.32 Å². The number of benzene rings is 3. The zero-order valence-corrected chi connectivity index (χ0v) is 16.5. The first-order valence-electron chi connectivity index (χ1n) is 9.33. The van der Waals surface area contributed by atoms with Crippen LogP contribution in [0, 0.1) is 25.2 Å². The predicted molar refractivity (Wildman–Crippen MR) is 115 cm³/mol. The van der Waals surface area contributed by atoms with Crippen molar-refractivity contribution in [2.24, 2.45) is 0 Å². The van der Waals surface area contributed by atoms with Crippen molar-refractivity contribution < 1.29 is 9.53 Å². The Labute approximate surface area is 171 Å². The van der Waals surface area contributed by atoms with Crippen molar-refractivity contribution in [1.29, 1.82) is 5.26 Å². The molecule has 0 saturated carbocycles. The van der Waals surface area contributed by atoms with Crippen LogP contribution in [0.5, 0.6) is 5.75 Å². The van der Waals surface area contributed by atoms with Gasteiger partial charge in [-0.15, -0.1) is 0 Å². The minimum atomic E-state index is -0.434. The number of aryl methyl sites for hydroxylation is 1. The maximum Gasteiger partial charge on any atom is 0.266 e. The molecule has 29 heavy (non-hydrogen) atoms. The average Bonchev–Trinajstić information content (AvgIpc) is 2.75. The Balaban J connectivity index is 1.74. The van der Waals surface area contributed by atoms with E-state index in [4.69, 9.17) is 4.74 Å². The monoisotopic (exact) mass is 382 g/mol. The molecular formula is C25H22N2O2. The fourth-order valence-corrected chi connectivity index (χ4v) is 2.83. The maximum absolute atomic E-state index is 12.6. The molecule has 0 aromatic heterocycles. The van der Waals surface area contributed by atoms with Crippen molar-refractivity contribution in [3.05, 3.63) is 101 Å². The smallest absolute Gasteiger partial charge is 0.266 e. The van der Waals surface area contributed by atoms with E-state index in [2.05, 4.69) is 5.32 Å². The summed E-state index contributed by atoms with van der Waals surface area (Å²) in [6.45, 7) is 4.37. The van der Waals surface area contributed by atoms with E-state index < -0.39 is 5.91 Å². The number of hydrogen-bond acceptors (Lipinski definition) is 3. The standard InChI is InChI=1S/C25H22N2O2/c1-18-8-6-13-24(19(18)2)27-25(28)22(16-26)14-21-11-7-12-23(15-21)29-17-20-9-4-3-5-10-20/h3-15H,17H2,1-2H3,(H,27,28)/b22-14-. The molecule has 3 aromatic rings. The minimum absolute atomic E-state index is 0.0334. The van der Waals surface area contributed by atoms with Gasteiger partial charge in [0.1, 0.15) is 24.0 Å². The van der Waals surface area contributed by atoms with E-state index in [1.54, 1.807) is 6.08 Å². The third kappa shape index (κ3) is 5.33. The van der Waals surface area contributed by atoms with Crippen molar-refractivity contribution in [3.8, 4) is 11.8 Å². The zero-order valence-electron chi connectivity index (χ0n) is 16.5. The van der Waals surface area contributed by atoms with Gasteiger partial charge in [0.2, 0.25) is 0 Å². The van der Waals surface area contributed by atoms with Crippen LogP contribution in [0.3, 0.4) is 0 Å². The Kier molecular flexibility index (Phi) is 6.44. The number of nitrogens with one attached hydrogen (secondary N) is 1. The second-order valence-corrected chi connectivity index (χ2v) is 6.72. The predicted octanol–water partition coefficient (Wildman–Crippen LogP) is 5.43. The molecule has 144 valence electrons. The summed E-state index contributed by atoms with van der Waals surface area (Å²) in [5.74, 6) is 0.242. The Morgan fingerprint density at radius 2 is 1.79 bits per heavy atom. The van der Waals surface area contributed by atoms with E-state index in [0.717, 1.165) is 22.3 Å². The molecule has 0 bridgehead atoms. The molecule has 1 amide bonds. The van der Waals surface area contributed by atoms with Gasteiger partial charge in [-0.05, 0) is 60.4 Å². The summed E-state index contributed by atoms with van der Waals surface area (Å²) in [6.07, 6.45) is 1.57. The molecule has 0 aliphatic heterocycles. The Hall–Kier alpha value is -3.84. The number of hydrogen-bond donors (Lipinski definition) is 1. The van der Waals surface area contributed by atoms with Gasteiger partial charge in [0.25, 0.3) is 5.91 Å². The third-order valence-electron chi connectivity index (χ3n) is 4.64. The van der Waals surface area contributed by atoms with Crippen LogP contribution in [-0.4, -0.2) is 5.91 Å². The molecule has 0 radical (unpaired) electrons. The normalized spacial score (nSPS) is 10.9. The molecule has 3 aromatic carbocycles. The molecule has 4 nitrogen and oxygen atoms in total. The quantitative estimate of drug-likeness (QED) is 0.457. The Morgan fingerprint density at radius 1 is 1.03 bits per heavy atom. The van der Waals surface area contributed by atoms with Gasteiger partial charge in [-0.25, -0.2) is 0 Å². The van der Waals surface area contributed by atoms with E-state index >= 15 is 0 Å². The van der Waals surface area contributed by atoms with Crippen LogP contribution in [0.25, 0.3) is 6.08 Å². The van der Waals surface area contributed by atoms with E-state index in [1.807, 2.05) is 92.7 Å². The van der Waals surface area contributed by atoms with Crippen LogP contribution in [-0.2, 0) is 11.4 Å². The summed E-state index contributed by atoms with van der Waals surface area (Å²) >= 11 is 0. The molecule has 0 aliphatic rings. The fourth-order valence-electron chi connectivity index (χ4n) is 2.83. The van der Waals surface area contributed by atoms with E-state index in [-0.39, 0.29) is 5.57 Å². The fraction of sp³-hybridized carbons (Fsp3) is 0.120. The number of carbonyl (C=O) groups is 1. The van der Waals surface area contributed by atoms with Gasteiger partial charge in [0, 0.05) is 5.69 Å². The van der Waals surface area contributed by atoms with Crippen LogP contribution in [0.4, 0.5) is 5.69 Å². The van der Waals surface area contributed by atoms with E-state index in [1.165, 1.54) is 0 Å². The summed E-state index contributed by atoms with van der Waals surface area (Å²) in [5, 5.41) is 12.3. The summed E-state index contributed by atoms with van der Waals surface area (Å²) < 4.78 is 5.82. The van der Waals surface area contributed by atoms with Gasteiger partial charge in [-0.3, -0.25) is 4.79 Å². The number of ether oxygens (including phenoxy) is 1. The van der Waals surface area contributed by atoms with Crippen LogP contribution >= 0.6 is 0 Å². The molecule has 0 spiro atoms. The highest BCUT2D eigenvalue weighted by molar-refractivity contribution is 6.10. The first kappa shape index (κ1) is 19.9. The number of carbonyl (C=O) groups excluding carboxylic acids is 1. The van der Waals surface area contributed by atoms with Crippen molar-refractivity contribution in [2.45, 2.75) is 20.5 Å². The van der Waals surface area contributed by atoms with Gasteiger partial charge < -0.3 is 10.1 Å². The molecule has 1 N–H and O–H groups in total. The van der Waals surface area contributed by atoms with Crippen LogP contribution in [0.15, 0.2) is 78.4 Å². The lowest BCUT2D eigenvalue weighted by atomic mass is 10.1. The van der Waals surface area contributed by atoms with Crippen molar-refractivity contribution in [3.63, 3.8) is 0 Å². The number of nitriles is 1. The van der Waals surface area contributed by atoms with Crippen molar-refractivity contribution in [1.82, 2.24) is 0 Å². The summed E-state index contributed by atoms with van der Waals surface area (Å²) in [5.41, 5.74) is 4.59. The topological polar surface area (TPSA) is 62.1 Å². The molecule has 0 fully saturated rings. The molecule has 0 heterocycles. The highest BCUT2D eigenvalue weighted by Gasteiger charge is 2.11. The number of amides is 1. The molecule has 3 rings (SSSR count). The first-order valence-corrected chi connectivity index (χ1v) is 9.33. The highest BCUT2D eigenvalue weighted by atomic mass is 16.5. The minimum Gasteiger partial charge on any atom is -0.489 e. The lowest BCUT2D eigenvalue weighted by Crippen LogP contribution is -2.14. The lowest BCUT2D eigenvalue weighted by molar-refractivity contribution is -0.112. The van der Waals surface area contributed by atoms with Gasteiger partial charge in [-0.2, -0.15) is 5.26 Å². The largest absolute Gasteiger partial charge is 0.489 e. The SMILES string of the molecule is Cc1cccc(NC(=O)/C(C#N)=C\c2cccc(OCc3ccccc3)c2)c1C. The number of rotatable bonds is 6. The molecular weight excluding hydrogens is 360 g/mol. The first-order chi connectivity index (χ1) is 14.1. The molecule has 0 unspecified atom stereocenters.